The second kappa shape index (κ2) is 8.88. The van der Waals surface area contributed by atoms with Gasteiger partial charge >= 0.3 is 0 Å². The number of carbonyl (C=O) groups excluding carboxylic acids is 1. The Labute approximate surface area is 167 Å². The van der Waals surface area contributed by atoms with Crippen LogP contribution in [0.2, 0.25) is 0 Å². The first-order valence-electron chi connectivity index (χ1n) is 10.7. The molecule has 1 saturated carbocycles. The van der Waals surface area contributed by atoms with Crippen molar-refractivity contribution in [3.05, 3.63) is 47.7 Å². The number of nitrogens with zero attached hydrogens (tertiary/aromatic N) is 2. The number of piperazine rings is 1. The van der Waals surface area contributed by atoms with Gasteiger partial charge in [-0.05, 0) is 25.3 Å². The maximum Gasteiger partial charge on any atom is 0.280 e. The molecule has 1 amide bonds. The van der Waals surface area contributed by atoms with Crippen molar-refractivity contribution in [2.45, 2.75) is 45.2 Å². The van der Waals surface area contributed by atoms with Crippen LogP contribution in [-0.4, -0.2) is 48.4 Å². The van der Waals surface area contributed by atoms with Gasteiger partial charge in [-0.2, -0.15) is 5.10 Å². The lowest BCUT2D eigenvalue weighted by Gasteiger charge is -2.29. The van der Waals surface area contributed by atoms with Crippen LogP contribution in [0.1, 0.15) is 42.9 Å². The van der Waals surface area contributed by atoms with E-state index in [0.717, 1.165) is 38.5 Å². The number of quaternary nitrogens is 2. The van der Waals surface area contributed by atoms with E-state index in [-0.39, 0.29) is 5.91 Å². The Morgan fingerprint density at radius 3 is 2.57 bits per heavy atom. The zero-order valence-corrected chi connectivity index (χ0v) is 16.9. The molecule has 28 heavy (non-hydrogen) atoms. The molecule has 1 aliphatic carbocycles. The van der Waals surface area contributed by atoms with Crippen LogP contribution in [-0.2, 0) is 11.3 Å². The predicted molar refractivity (Wildman–Crippen MR) is 110 cm³/mol. The van der Waals surface area contributed by atoms with Crippen LogP contribution >= 0.6 is 0 Å². The summed E-state index contributed by atoms with van der Waals surface area (Å²) in [5, 5.41) is 7.55. The fraction of sp³-hybridized carbons (Fsp3) is 0.545. The van der Waals surface area contributed by atoms with Gasteiger partial charge in [-0.3, -0.25) is 4.79 Å². The monoisotopic (exact) mass is 383 g/mol. The van der Waals surface area contributed by atoms with Crippen molar-refractivity contribution >= 4 is 11.7 Å². The van der Waals surface area contributed by atoms with Gasteiger partial charge in [-0.15, -0.1) is 0 Å². The largest absolute Gasteiger partial charge is 0.322 e. The normalized spacial score (nSPS) is 23.0. The smallest absolute Gasteiger partial charge is 0.280 e. The van der Waals surface area contributed by atoms with E-state index in [1.54, 1.807) is 11.1 Å². The van der Waals surface area contributed by atoms with E-state index in [9.17, 15) is 4.79 Å². The molecule has 2 aliphatic rings. The number of hydrogen-bond donors (Lipinski definition) is 3. The number of nitrogens with one attached hydrogen (secondary N) is 3. The van der Waals surface area contributed by atoms with E-state index in [1.807, 2.05) is 10.7 Å². The molecule has 2 aromatic rings. The number of amides is 1. The van der Waals surface area contributed by atoms with Crippen LogP contribution < -0.4 is 15.1 Å². The molecule has 0 bridgehead atoms. The summed E-state index contributed by atoms with van der Waals surface area (Å²) in [7, 11) is 0. The van der Waals surface area contributed by atoms with Crippen LogP contribution in [0.25, 0.3) is 0 Å². The Morgan fingerprint density at radius 1 is 1.11 bits per heavy atom. The number of anilines is 1. The second-order valence-corrected chi connectivity index (χ2v) is 8.43. The summed E-state index contributed by atoms with van der Waals surface area (Å²) in [5.41, 5.74) is 2.82. The van der Waals surface area contributed by atoms with Crippen molar-refractivity contribution in [1.29, 1.82) is 0 Å². The lowest BCUT2D eigenvalue weighted by atomic mass is 10.1. The molecule has 0 radical (unpaired) electrons. The summed E-state index contributed by atoms with van der Waals surface area (Å²) in [6, 6.07) is 11.0. The Kier molecular flexibility index (Phi) is 6.07. The summed E-state index contributed by atoms with van der Waals surface area (Å²) in [6.07, 6.45) is 6.66. The van der Waals surface area contributed by atoms with E-state index in [1.165, 1.54) is 41.7 Å². The third-order valence-electron chi connectivity index (χ3n) is 6.38. The summed E-state index contributed by atoms with van der Waals surface area (Å²) in [5.74, 6) is 0.970. The van der Waals surface area contributed by atoms with Crippen LogP contribution in [0.4, 0.5) is 5.82 Å². The molecule has 6 heteroatoms. The Hall–Kier alpha value is -2.18. The highest BCUT2D eigenvalue weighted by Gasteiger charge is 2.26. The third kappa shape index (κ3) is 4.62. The van der Waals surface area contributed by atoms with E-state index in [2.05, 4.69) is 41.6 Å². The number of benzene rings is 1. The van der Waals surface area contributed by atoms with E-state index < -0.39 is 0 Å². The van der Waals surface area contributed by atoms with Gasteiger partial charge in [0, 0.05) is 11.6 Å². The highest BCUT2D eigenvalue weighted by Crippen LogP contribution is 2.31. The fourth-order valence-electron chi connectivity index (χ4n) is 4.66. The zero-order valence-electron chi connectivity index (χ0n) is 16.9. The van der Waals surface area contributed by atoms with Crippen molar-refractivity contribution in [3.8, 4) is 0 Å². The minimum atomic E-state index is 0.108. The third-order valence-corrected chi connectivity index (χ3v) is 6.38. The summed E-state index contributed by atoms with van der Waals surface area (Å²) in [4.78, 5) is 15.6. The molecule has 3 N–H and O–H groups in total. The highest BCUT2D eigenvalue weighted by molar-refractivity contribution is 5.90. The standard InChI is InChI=1S/C22H31N5O/c1-18-6-2-3-7-19(18)16-25-12-14-26(15-13-25)17-22(28)24-21-10-11-23-27(21)20-8-4-5-9-20/h2-3,6-7,10-11,20H,4-5,8-9,12-17H2,1H3,(H,24,28)/p+2. The van der Waals surface area contributed by atoms with Crippen molar-refractivity contribution in [2.75, 3.05) is 38.0 Å². The molecule has 1 aromatic heterocycles. The van der Waals surface area contributed by atoms with Gasteiger partial charge in [0.2, 0.25) is 0 Å². The Morgan fingerprint density at radius 2 is 1.82 bits per heavy atom. The minimum Gasteiger partial charge on any atom is -0.322 e. The van der Waals surface area contributed by atoms with Gasteiger partial charge in [0.15, 0.2) is 6.54 Å². The maximum atomic E-state index is 12.6. The lowest BCUT2D eigenvalue weighted by Crippen LogP contribution is -3.28. The number of aromatic nitrogens is 2. The Bertz CT molecular complexity index is 788. The summed E-state index contributed by atoms with van der Waals surface area (Å²) >= 11 is 0. The van der Waals surface area contributed by atoms with Crippen molar-refractivity contribution in [2.24, 2.45) is 0 Å². The second-order valence-electron chi connectivity index (χ2n) is 8.43. The molecule has 1 aromatic carbocycles. The molecule has 150 valence electrons. The van der Waals surface area contributed by atoms with Crippen LogP contribution in [0.15, 0.2) is 36.5 Å². The maximum absolute atomic E-state index is 12.6. The summed E-state index contributed by atoms with van der Waals surface area (Å²) < 4.78 is 2.02. The van der Waals surface area contributed by atoms with Gasteiger partial charge in [-0.25, -0.2) is 4.68 Å². The quantitative estimate of drug-likeness (QED) is 0.669. The first kappa shape index (κ1) is 19.2. The minimum absolute atomic E-state index is 0.108. The Balaban J connectivity index is 1.24. The number of carbonyl (C=O) groups is 1. The van der Waals surface area contributed by atoms with Gasteiger partial charge in [0.1, 0.15) is 38.5 Å². The molecule has 2 heterocycles. The van der Waals surface area contributed by atoms with Gasteiger partial charge < -0.3 is 15.1 Å². The number of rotatable bonds is 6. The molecule has 6 nitrogen and oxygen atoms in total. The van der Waals surface area contributed by atoms with E-state index >= 15 is 0 Å². The fourth-order valence-corrected chi connectivity index (χ4v) is 4.66. The van der Waals surface area contributed by atoms with Gasteiger partial charge in [-0.1, -0.05) is 37.1 Å². The first-order chi connectivity index (χ1) is 13.7. The molecular weight excluding hydrogens is 350 g/mol. The molecule has 0 atom stereocenters. The summed E-state index contributed by atoms with van der Waals surface area (Å²) in [6.45, 7) is 8.18. The van der Waals surface area contributed by atoms with Gasteiger partial charge in [0.05, 0.1) is 12.2 Å². The molecular formula is C22H33N5O+2. The molecule has 2 fully saturated rings. The van der Waals surface area contributed by atoms with E-state index in [4.69, 9.17) is 0 Å². The zero-order chi connectivity index (χ0) is 19.3. The van der Waals surface area contributed by atoms with Crippen molar-refractivity contribution in [1.82, 2.24) is 9.78 Å². The SMILES string of the molecule is Cc1ccccc1C[NH+]1CC[NH+](CC(=O)Nc2ccnn2C2CCCC2)CC1. The highest BCUT2D eigenvalue weighted by atomic mass is 16.2. The van der Waals surface area contributed by atoms with E-state index in [0.29, 0.717) is 12.6 Å². The molecule has 0 spiro atoms. The van der Waals surface area contributed by atoms with Crippen LogP contribution in [0, 0.1) is 6.92 Å². The van der Waals surface area contributed by atoms with Gasteiger partial charge in [0.25, 0.3) is 5.91 Å². The lowest BCUT2D eigenvalue weighted by molar-refractivity contribution is -1.02. The first-order valence-corrected chi connectivity index (χ1v) is 10.7. The molecule has 4 rings (SSSR count). The topological polar surface area (TPSA) is 55.8 Å². The number of aryl methyl sites for hydroxylation is 1. The molecule has 1 saturated heterocycles. The van der Waals surface area contributed by atoms with Crippen molar-refractivity contribution < 1.29 is 14.6 Å². The average Bonchev–Trinajstić information content (AvgIpc) is 3.36. The van der Waals surface area contributed by atoms with Crippen molar-refractivity contribution in [3.63, 3.8) is 0 Å². The van der Waals surface area contributed by atoms with Crippen LogP contribution in [0.3, 0.4) is 0 Å². The predicted octanol–water partition coefficient (Wildman–Crippen LogP) is 0.229. The average molecular weight is 384 g/mol. The van der Waals surface area contributed by atoms with Crippen LogP contribution in [0.5, 0.6) is 0 Å². The molecule has 0 unspecified atom stereocenters. The molecule has 1 aliphatic heterocycles. The number of hydrogen-bond acceptors (Lipinski definition) is 2.